The van der Waals surface area contributed by atoms with E-state index in [0.717, 1.165) is 0 Å². The summed E-state index contributed by atoms with van der Waals surface area (Å²) in [6.45, 7) is 0. The van der Waals surface area contributed by atoms with Crippen LogP contribution in [0, 0.1) is 0 Å². The first-order chi connectivity index (χ1) is 9.78. The second kappa shape index (κ2) is 5.05. The van der Waals surface area contributed by atoms with Gasteiger partial charge in [0.15, 0.2) is 11.5 Å². The summed E-state index contributed by atoms with van der Waals surface area (Å²) in [4.78, 5) is 16.0. The van der Waals surface area contributed by atoms with Crippen LogP contribution in [0.5, 0.6) is 17.6 Å². The summed E-state index contributed by atoms with van der Waals surface area (Å²) in [7, 11) is 1.53. The van der Waals surface area contributed by atoms with Crippen molar-refractivity contribution < 1.29 is 13.9 Å². The summed E-state index contributed by atoms with van der Waals surface area (Å²) in [5, 5.41) is 0.417. The van der Waals surface area contributed by atoms with Gasteiger partial charge in [-0.15, -0.1) is 0 Å². The maximum Gasteiger partial charge on any atom is 0.402 e. The van der Waals surface area contributed by atoms with Crippen LogP contribution in [-0.4, -0.2) is 12.1 Å². The molecule has 0 bridgehead atoms. The Morgan fingerprint density at radius 3 is 2.50 bits per heavy atom. The number of fused-ring (bicyclic) bond motifs is 1. The van der Waals surface area contributed by atoms with E-state index in [0.29, 0.717) is 22.4 Å². The summed E-state index contributed by atoms with van der Waals surface area (Å²) < 4.78 is 15.7. The van der Waals surface area contributed by atoms with Gasteiger partial charge in [-0.1, -0.05) is 24.3 Å². The van der Waals surface area contributed by atoms with Crippen LogP contribution in [0.1, 0.15) is 0 Å². The normalized spacial score (nSPS) is 10.4. The molecule has 0 aliphatic rings. The van der Waals surface area contributed by atoms with Crippen LogP contribution in [-0.2, 0) is 0 Å². The average Bonchev–Trinajstić information content (AvgIpc) is 2.48. The Morgan fingerprint density at radius 1 is 1.00 bits per heavy atom. The number of para-hydroxylation sites is 3. The summed E-state index contributed by atoms with van der Waals surface area (Å²) in [5.41, 5.74) is 0.0362. The van der Waals surface area contributed by atoms with Crippen molar-refractivity contribution in [2.45, 2.75) is 0 Å². The van der Waals surface area contributed by atoms with E-state index in [-0.39, 0.29) is 6.08 Å². The van der Waals surface area contributed by atoms with E-state index in [1.807, 2.05) is 6.07 Å². The second-order valence-corrected chi connectivity index (χ2v) is 4.04. The molecule has 100 valence electrons. The monoisotopic (exact) mass is 269 g/mol. The van der Waals surface area contributed by atoms with Gasteiger partial charge in [0.2, 0.25) is 0 Å². The predicted octanol–water partition coefficient (Wildman–Crippen LogP) is 2.99. The molecule has 0 amide bonds. The zero-order valence-corrected chi connectivity index (χ0v) is 10.7. The SMILES string of the molecule is COc1ccccc1Oc1nc2ccccc2c(=O)o1. The Labute approximate surface area is 114 Å². The smallest absolute Gasteiger partial charge is 0.402 e. The molecule has 0 aliphatic heterocycles. The molecular weight excluding hydrogens is 258 g/mol. The zero-order chi connectivity index (χ0) is 13.9. The highest BCUT2D eigenvalue weighted by Gasteiger charge is 2.10. The molecular formula is C15H11NO4. The number of hydrogen-bond donors (Lipinski definition) is 0. The van der Waals surface area contributed by atoms with Crippen molar-refractivity contribution in [2.24, 2.45) is 0 Å². The van der Waals surface area contributed by atoms with E-state index >= 15 is 0 Å². The molecule has 1 heterocycles. The summed E-state index contributed by atoms with van der Waals surface area (Å²) in [6.07, 6.45) is -0.113. The average molecular weight is 269 g/mol. The van der Waals surface area contributed by atoms with Gasteiger partial charge in [0, 0.05) is 0 Å². The van der Waals surface area contributed by atoms with E-state index in [1.54, 1.807) is 42.5 Å². The Hall–Kier alpha value is -2.82. The summed E-state index contributed by atoms with van der Waals surface area (Å²) >= 11 is 0. The van der Waals surface area contributed by atoms with Crippen LogP contribution >= 0.6 is 0 Å². The Morgan fingerprint density at radius 2 is 1.70 bits per heavy atom. The van der Waals surface area contributed by atoms with Gasteiger partial charge >= 0.3 is 11.7 Å². The van der Waals surface area contributed by atoms with Crippen molar-refractivity contribution in [3.63, 3.8) is 0 Å². The number of aromatic nitrogens is 1. The van der Waals surface area contributed by atoms with Gasteiger partial charge in [0.25, 0.3) is 0 Å². The van der Waals surface area contributed by atoms with Crippen molar-refractivity contribution in [2.75, 3.05) is 7.11 Å². The van der Waals surface area contributed by atoms with E-state index in [1.165, 1.54) is 7.11 Å². The number of rotatable bonds is 3. The molecule has 2 aromatic carbocycles. The van der Waals surface area contributed by atoms with Crippen molar-refractivity contribution in [3.05, 3.63) is 59.0 Å². The largest absolute Gasteiger partial charge is 0.493 e. The minimum absolute atomic E-state index is 0.113. The van der Waals surface area contributed by atoms with Gasteiger partial charge in [-0.2, -0.15) is 4.98 Å². The molecule has 0 spiro atoms. The summed E-state index contributed by atoms with van der Waals surface area (Å²) in [6, 6.07) is 14.0. The number of methoxy groups -OCH3 is 1. The number of nitrogens with zero attached hydrogens (tertiary/aromatic N) is 1. The first-order valence-corrected chi connectivity index (χ1v) is 5.98. The Bertz CT molecular complexity index is 810. The van der Waals surface area contributed by atoms with Gasteiger partial charge < -0.3 is 13.9 Å². The minimum Gasteiger partial charge on any atom is -0.493 e. The molecule has 20 heavy (non-hydrogen) atoms. The van der Waals surface area contributed by atoms with Crippen LogP contribution in [0.15, 0.2) is 57.7 Å². The highest BCUT2D eigenvalue weighted by molar-refractivity contribution is 5.76. The molecule has 3 aromatic rings. The molecule has 5 heteroatoms. The molecule has 0 radical (unpaired) electrons. The third kappa shape index (κ3) is 2.21. The third-order valence-corrected chi connectivity index (χ3v) is 2.78. The zero-order valence-electron chi connectivity index (χ0n) is 10.7. The van der Waals surface area contributed by atoms with Crippen molar-refractivity contribution >= 4 is 10.9 Å². The first-order valence-electron chi connectivity index (χ1n) is 5.98. The predicted molar refractivity (Wildman–Crippen MR) is 73.3 cm³/mol. The van der Waals surface area contributed by atoms with Crippen molar-refractivity contribution in [1.82, 2.24) is 4.98 Å². The summed E-state index contributed by atoms with van der Waals surface area (Å²) in [5.74, 6) is 0.964. The van der Waals surface area contributed by atoms with Crippen LogP contribution in [0.3, 0.4) is 0 Å². The second-order valence-electron chi connectivity index (χ2n) is 4.04. The van der Waals surface area contributed by atoms with Gasteiger partial charge in [-0.05, 0) is 24.3 Å². The van der Waals surface area contributed by atoms with Crippen molar-refractivity contribution in [3.8, 4) is 17.6 Å². The molecule has 1 aromatic heterocycles. The lowest BCUT2D eigenvalue weighted by Gasteiger charge is -2.07. The molecule has 0 saturated heterocycles. The number of hydrogen-bond acceptors (Lipinski definition) is 5. The fourth-order valence-corrected chi connectivity index (χ4v) is 1.84. The molecule has 0 saturated carbocycles. The standard InChI is InChI=1S/C15H11NO4/c1-18-12-8-4-5-9-13(12)19-15-16-11-7-3-2-6-10(11)14(17)20-15/h2-9H,1H3. The van der Waals surface area contributed by atoms with E-state index in [2.05, 4.69) is 4.98 Å². The van der Waals surface area contributed by atoms with Gasteiger partial charge in [-0.25, -0.2) is 4.79 Å². The number of ether oxygens (including phenoxy) is 2. The molecule has 0 aliphatic carbocycles. The highest BCUT2D eigenvalue weighted by Crippen LogP contribution is 2.29. The fourth-order valence-electron chi connectivity index (χ4n) is 1.84. The van der Waals surface area contributed by atoms with E-state index in [4.69, 9.17) is 13.9 Å². The maximum absolute atomic E-state index is 11.8. The first kappa shape index (κ1) is 12.2. The van der Waals surface area contributed by atoms with Crippen LogP contribution < -0.4 is 15.1 Å². The van der Waals surface area contributed by atoms with Crippen LogP contribution in [0.25, 0.3) is 10.9 Å². The lowest BCUT2D eigenvalue weighted by molar-refractivity contribution is 0.292. The molecule has 5 nitrogen and oxygen atoms in total. The topological polar surface area (TPSA) is 61.6 Å². The van der Waals surface area contributed by atoms with Gasteiger partial charge in [0.05, 0.1) is 18.0 Å². The Balaban J connectivity index is 2.05. The van der Waals surface area contributed by atoms with Crippen molar-refractivity contribution in [1.29, 1.82) is 0 Å². The van der Waals surface area contributed by atoms with Gasteiger partial charge in [0.1, 0.15) is 0 Å². The quantitative estimate of drug-likeness (QED) is 0.731. The lowest BCUT2D eigenvalue weighted by atomic mass is 10.2. The molecule has 3 rings (SSSR count). The van der Waals surface area contributed by atoms with Gasteiger partial charge in [-0.3, -0.25) is 0 Å². The lowest BCUT2D eigenvalue weighted by Crippen LogP contribution is -2.03. The number of benzene rings is 2. The van der Waals surface area contributed by atoms with E-state index < -0.39 is 5.63 Å². The molecule has 0 unspecified atom stereocenters. The highest BCUT2D eigenvalue weighted by atomic mass is 16.6. The third-order valence-electron chi connectivity index (χ3n) is 2.78. The van der Waals surface area contributed by atoms with Crippen LogP contribution in [0.2, 0.25) is 0 Å². The molecule has 0 fully saturated rings. The Kier molecular flexibility index (Phi) is 3.09. The fraction of sp³-hybridized carbons (Fsp3) is 0.0667. The maximum atomic E-state index is 11.8. The molecule has 0 atom stereocenters. The van der Waals surface area contributed by atoms with Crippen LogP contribution in [0.4, 0.5) is 0 Å². The van der Waals surface area contributed by atoms with E-state index in [9.17, 15) is 4.79 Å². The minimum atomic E-state index is -0.486. The molecule has 0 N–H and O–H groups in total.